The molecule has 0 fully saturated rings. The molecule has 0 aromatic heterocycles. The third-order valence-corrected chi connectivity index (χ3v) is 7.95. The maximum atomic E-state index is 6.02. The Morgan fingerprint density at radius 2 is 1.16 bits per heavy atom. The van der Waals surface area contributed by atoms with Crippen LogP contribution in [0.15, 0.2) is 24.3 Å². The molecular formula is C23H42NP. The zero-order valence-electron chi connectivity index (χ0n) is 16.9. The van der Waals surface area contributed by atoms with Crippen molar-refractivity contribution in [1.82, 2.24) is 0 Å². The van der Waals surface area contributed by atoms with Crippen LogP contribution in [0.1, 0.15) is 96.5 Å². The molecule has 0 spiro atoms. The van der Waals surface area contributed by atoms with Gasteiger partial charge in [-0.2, -0.15) is 0 Å². The predicted octanol–water partition coefficient (Wildman–Crippen LogP) is 6.97. The van der Waals surface area contributed by atoms with E-state index in [0.29, 0.717) is 6.54 Å². The molecule has 2 N–H and O–H groups in total. The van der Waals surface area contributed by atoms with E-state index in [1.165, 1.54) is 94.9 Å². The van der Waals surface area contributed by atoms with E-state index in [0.717, 1.165) is 0 Å². The van der Waals surface area contributed by atoms with E-state index in [2.05, 4.69) is 38.1 Å². The van der Waals surface area contributed by atoms with Crippen LogP contribution in [-0.2, 0) is 6.54 Å². The van der Waals surface area contributed by atoms with Crippen LogP contribution < -0.4 is 11.0 Å². The third-order valence-electron chi connectivity index (χ3n) is 5.12. The monoisotopic (exact) mass is 363 g/mol. The molecule has 0 radical (unpaired) electrons. The van der Waals surface area contributed by atoms with Gasteiger partial charge in [0.05, 0.1) is 0 Å². The summed E-state index contributed by atoms with van der Waals surface area (Å²) in [4.78, 5) is 0. The zero-order valence-corrected chi connectivity index (χ0v) is 17.8. The molecule has 2 heteroatoms. The van der Waals surface area contributed by atoms with Gasteiger partial charge in [0, 0.05) is 6.54 Å². The first-order chi connectivity index (χ1) is 12.3. The third kappa shape index (κ3) is 10.4. The fourth-order valence-electron chi connectivity index (χ4n) is 3.51. The molecule has 0 aliphatic heterocycles. The smallest absolute Gasteiger partial charge is 0.0184 e. The van der Waals surface area contributed by atoms with Crippen LogP contribution in [0.4, 0.5) is 0 Å². The Hall–Kier alpha value is -0.390. The van der Waals surface area contributed by atoms with Gasteiger partial charge < -0.3 is 5.73 Å². The fraction of sp³-hybridized carbons (Fsp3) is 0.739. The zero-order chi connectivity index (χ0) is 18.2. The Labute approximate surface area is 158 Å². The molecule has 1 aromatic carbocycles. The Bertz CT molecular complexity index is 402. The molecule has 0 heterocycles. The highest BCUT2D eigenvalue weighted by Gasteiger charge is 2.13. The van der Waals surface area contributed by atoms with Crippen molar-refractivity contribution >= 4 is 13.2 Å². The first-order valence-corrected chi connectivity index (χ1v) is 12.6. The van der Waals surface area contributed by atoms with Crippen molar-refractivity contribution in [2.45, 2.75) is 97.4 Å². The van der Waals surface area contributed by atoms with E-state index < -0.39 is 0 Å². The Morgan fingerprint density at radius 3 is 1.68 bits per heavy atom. The van der Waals surface area contributed by atoms with Gasteiger partial charge in [-0.3, -0.25) is 0 Å². The van der Waals surface area contributed by atoms with Crippen molar-refractivity contribution < 1.29 is 0 Å². The lowest BCUT2D eigenvalue weighted by atomic mass is 10.1. The highest BCUT2D eigenvalue weighted by atomic mass is 31.1. The summed E-state index contributed by atoms with van der Waals surface area (Å²) in [5.74, 6) is 0. The second-order valence-electron chi connectivity index (χ2n) is 7.36. The second-order valence-corrected chi connectivity index (χ2v) is 9.81. The van der Waals surface area contributed by atoms with Crippen LogP contribution in [-0.4, -0.2) is 12.3 Å². The lowest BCUT2D eigenvalue weighted by Crippen LogP contribution is -2.15. The summed E-state index contributed by atoms with van der Waals surface area (Å²) in [6, 6.07) is 8.97. The highest BCUT2D eigenvalue weighted by molar-refractivity contribution is 7.65. The molecule has 1 rings (SSSR count). The summed E-state index contributed by atoms with van der Waals surface area (Å²) in [6.07, 6.45) is 19.7. The average molecular weight is 364 g/mol. The minimum atomic E-state index is -0.0114. The molecule has 0 saturated carbocycles. The molecular weight excluding hydrogens is 321 g/mol. The van der Waals surface area contributed by atoms with E-state index in [-0.39, 0.29) is 7.92 Å². The lowest BCUT2D eigenvalue weighted by molar-refractivity contribution is 0.622. The molecule has 0 atom stereocenters. The number of rotatable bonds is 16. The number of benzene rings is 1. The van der Waals surface area contributed by atoms with Gasteiger partial charge in [0.2, 0.25) is 0 Å². The minimum Gasteiger partial charge on any atom is -0.326 e. The molecule has 0 aliphatic carbocycles. The maximum Gasteiger partial charge on any atom is 0.0184 e. The van der Waals surface area contributed by atoms with Crippen molar-refractivity contribution in [3.63, 3.8) is 0 Å². The maximum absolute atomic E-state index is 6.02. The number of hydrogen-bond acceptors (Lipinski definition) is 1. The average Bonchev–Trinajstić information content (AvgIpc) is 2.65. The number of nitrogens with two attached hydrogens (primary N) is 1. The summed E-state index contributed by atoms with van der Waals surface area (Å²) in [5, 5.41) is 1.60. The van der Waals surface area contributed by atoms with Gasteiger partial charge in [0.1, 0.15) is 0 Å². The summed E-state index contributed by atoms with van der Waals surface area (Å²) in [5.41, 5.74) is 7.41. The van der Waals surface area contributed by atoms with Gasteiger partial charge >= 0.3 is 0 Å². The van der Waals surface area contributed by atoms with Crippen molar-refractivity contribution in [3.8, 4) is 0 Å². The fourth-order valence-corrected chi connectivity index (χ4v) is 6.30. The van der Waals surface area contributed by atoms with Gasteiger partial charge in [-0.1, -0.05) is 110 Å². The standard InChI is InChI=1S/C23H42NP/c1-3-5-7-9-11-15-19-25(20-16-12-10-8-6-4-2)23-18-14-13-17-22(23)21-24/h13-14,17-18H,3-12,15-16,19-21,24H2,1-2H3. The predicted molar refractivity (Wildman–Crippen MR) is 117 cm³/mol. The minimum absolute atomic E-state index is 0.0114. The molecule has 1 nitrogen and oxygen atoms in total. The van der Waals surface area contributed by atoms with E-state index in [9.17, 15) is 0 Å². The SMILES string of the molecule is CCCCCCCCP(CCCCCCCC)c1ccccc1CN. The van der Waals surface area contributed by atoms with Crippen LogP contribution >= 0.6 is 7.92 Å². The molecule has 1 aromatic rings. The molecule has 0 unspecified atom stereocenters. The summed E-state index contributed by atoms with van der Waals surface area (Å²) >= 11 is 0. The van der Waals surface area contributed by atoms with E-state index in [4.69, 9.17) is 5.73 Å². The van der Waals surface area contributed by atoms with Gasteiger partial charge in [-0.15, -0.1) is 0 Å². The van der Waals surface area contributed by atoms with Crippen LogP contribution in [0.2, 0.25) is 0 Å². The molecule has 0 amide bonds. The Morgan fingerprint density at radius 1 is 0.680 bits per heavy atom. The second kappa shape index (κ2) is 15.8. The first kappa shape index (κ1) is 22.7. The highest BCUT2D eigenvalue weighted by Crippen LogP contribution is 2.38. The van der Waals surface area contributed by atoms with Gasteiger partial charge in [0.15, 0.2) is 0 Å². The number of hydrogen-bond donors (Lipinski definition) is 1. The normalized spacial score (nSPS) is 11.4. The van der Waals surface area contributed by atoms with Crippen LogP contribution in [0.3, 0.4) is 0 Å². The first-order valence-electron chi connectivity index (χ1n) is 10.9. The number of unbranched alkanes of at least 4 members (excludes halogenated alkanes) is 10. The van der Waals surface area contributed by atoms with Gasteiger partial charge in [-0.25, -0.2) is 0 Å². The van der Waals surface area contributed by atoms with Crippen molar-refractivity contribution in [1.29, 1.82) is 0 Å². The lowest BCUT2D eigenvalue weighted by Gasteiger charge is -2.21. The summed E-state index contributed by atoms with van der Waals surface area (Å²) in [7, 11) is -0.0114. The largest absolute Gasteiger partial charge is 0.326 e. The summed E-state index contributed by atoms with van der Waals surface area (Å²) < 4.78 is 0. The molecule has 0 aliphatic rings. The molecule has 25 heavy (non-hydrogen) atoms. The quantitative estimate of drug-likeness (QED) is 0.249. The Balaban J connectivity index is 2.46. The van der Waals surface area contributed by atoms with Crippen molar-refractivity contribution in [2.75, 3.05) is 12.3 Å². The van der Waals surface area contributed by atoms with Crippen LogP contribution in [0.5, 0.6) is 0 Å². The summed E-state index contributed by atoms with van der Waals surface area (Å²) in [6.45, 7) is 5.29. The molecule has 144 valence electrons. The van der Waals surface area contributed by atoms with E-state index >= 15 is 0 Å². The van der Waals surface area contributed by atoms with Gasteiger partial charge in [-0.05, 0) is 36.0 Å². The van der Waals surface area contributed by atoms with Crippen LogP contribution in [0, 0.1) is 0 Å². The topological polar surface area (TPSA) is 26.0 Å². The van der Waals surface area contributed by atoms with E-state index in [1.54, 1.807) is 5.30 Å². The van der Waals surface area contributed by atoms with Crippen molar-refractivity contribution in [2.24, 2.45) is 5.73 Å². The molecule has 0 bridgehead atoms. The molecule has 0 saturated heterocycles. The Kier molecular flexibility index (Phi) is 14.3. The van der Waals surface area contributed by atoms with Crippen molar-refractivity contribution in [3.05, 3.63) is 29.8 Å². The van der Waals surface area contributed by atoms with Crippen LogP contribution in [0.25, 0.3) is 0 Å². The van der Waals surface area contributed by atoms with Gasteiger partial charge in [0.25, 0.3) is 0 Å². The van der Waals surface area contributed by atoms with E-state index in [1.807, 2.05) is 0 Å².